The SMILES string of the molecule is CC1CC(Oc2cc(Br)ccc2N)CC(C)(C)C1. The number of ether oxygens (including phenoxy) is 1. The Morgan fingerprint density at radius 2 is 2.06 bits per heavy atom. The molecular weight excluding hydrogens is 290 g/mol. The standard InChI is InChI=1S/C15H22BrNO/c1-10-6-12(9-15(2,3)8-10)18-14-7-11(16)4-5-13(14)17/h4-5,7,10,12H,6,8-9,17H2,1-3H3. The summed E-state index contributed by atoms with van der Waals surface area (Å²) in [6.45, 7) is 6.95. The van der Waals surface area contributed by atoms with Crippen LogP contribution in [-0.2, 0) is 0 Å². The van der Waals surface area contributed by atoms with E-state index in [0.29, 0.717) is 17.0 Å². The first-order valence-corrected chi connectivity index (χ1v) is 7.37. The van der Waals surface area contributed by atoms with Crippen molar-refractivity contribution in [3.05, 3.63) is 22.7 Å². The van der Waals surface area contributed by atoms with Crippen LogP contribution in [0.4, 0.5) is 5.69 Å². The zero-order valence-electron chi connectivity index (χ0n) is 11.4. The predicted molar refractivity (Wildman–Crippen MR) is 79.8 cm³/mol. The molecule has 1 fully saturated rings. The molecule has 1 saturated carbocycles. The van der Waals surface area contributed by atoms with E-state index < -0.39 is 0 Å². The molecule has 2 N–H and O–H groups in total. The third-order valence-electron chi connectivity index (χ3n) is 3.62. The number of rotatable bonds is 2. The van der Waals surface area contributed by atoms with Crippen molar-refractivity contribution in [2.45, 2.75) is 46.1 Å². The Kier molecular flexibility index (Phi) is 3.90. The van der Waals surface area contributed by atoms with Crippen LogP contribution in [0.2, 0.25) is 0 Å². The Bertz CT molecular complexity index is 431. The number of nitrogen functional groups attached to an aromatic ring is 1. The van der Waals surface area contributed by atoms with Gasteiger partial charge < -0.3 is 10.5 Å². The van der Waals surface area contributed by atoms with Crippen LogP contribution in [-0.4, -0.2) is 6.10 Å². The first kappa shape index (κ1) is 13.7. The average molecular weight is 312 g/mol. The zero-order chi connectivity index (χ0) is 13.3. The maximum Gasteiger partial charge on any atom is 0.143 e. The average Bonchev–Trinajstić information content (AvgIpc) is 2.20. The Hall–Kier alpha value is -0.700. The molecule has 0 aromatic heterocycles. The van der Waals surface area contributed by atoms with Gasteiger partial charge in [0.25, 0.3) is 0 Å². The van der Waals surface area contributed by atoms with E-state index in [1.54, 1.807) is 0 Å². The van der Waals surface area contributed by atoms with E-state index in [0.717, 1.165) is 23.1 Å². The molecule has 1 aliphatic rings. The predicted octanol–water partition coefficient (Wildman–Crippen LogP) is 4.62. The minimum absolute atomic E-state index is 0.278. The van der Waals surface area contributed by atoms with E-state index in [4.69, 9.17) is 10.5 Å². The lowest BCUT2D eigenvalue weighted by atomic mass is 9.71. The molecule has 2 rings (SSSR count). The van der Waals surface area contributed by atoms with Gasteiger partial charge in [-0.25, -0.2) is 0 Å². The fourth-order valence-electron chi connectivity index (χ4n) is 3.14. The minimum atomic E-state index is 0.278. The van der Waals surface area contributed by atoms with Crippen molar-refractivity contribution >= 4 is 21.6 Å². The van der Waals surface area contributed by atoms with Crippen LogP contribution in [0.1, 0.15) is 40.0 Å². The number of benzene rings is 1. The highest BCUT2D eigenvalue weighted by atomic mass is 79.9. The van der Waals surface area contributed by atoms with Gasteiger partial charge in [-0.05, 0) is 48.8 Å². The zero-order valence-corrected chi connectivity index (χ0v) is 13.0. The van der Waals surface area contributed by atoms with E-state index >= 15 is 0 Å². The number of hydrogen-bond donors (Lipinski definition) is 1. The van der Waals surface area contributed by atoms with Crippen LogP contribution in [0.3, 0.4) is 0 Å². The van der Waals surface area contributed by atoms with Gasteiger partial charge in [-0.15, -0.1) is 0 Å². The molecule has 2 unspecified atom stereocenters. The third-order valence-corrected chi connectivity index (χ3v) is 4.11. The van der Waals surface area contributed by atoms with Gasteiger partial charge in [-0.2, -0.15) is 0 Å². The Morgan fingerprint density at radius 1 is 1.33 bits per heavy atom. The third kappa shape index (κ3) is 3.41. The summed E-state index contributed by atoms with van der Waals surface area (Å²) in [5.41, 5.74) is 7.04. The van der Waals surface area contributed by atoms with Crippen molar-refractivity contribution in [2.24, 2.45) is 11.3 Å². The molecule has 2 nitrogen and oxygen atoms in total. The van der Waals surface area contributed by atoms with E-state index in [1.807, 2.05) is 18.2 Å². The molecule has 0 spiro atoms. The molecule has 0 saturated heterocycles. The molecule has 100 valence electrons. The summed E-state index contributed by atoms with van der Waals surface area (Å²) in [6.07, 6.45) is 3.78. The second-order valence-electron chi connectivity index (χ2n) is 6.34. The first-order chi connectivity index (χ1) is 8.35. The van der Waals surface area contributed by atoms with Crippen LogP contribution in [0.25, 0.3) is 0 Å². The Morgan fingerprint density at radius 3 is 2.72 bits per heavy atom. The molecule has 1 aromatic rings. The quantitative estimate of drug-likeness (QED) is 0.808. The Balaban J connectivity index is 2.11. The molecule has 3 heteroatoms. The summed E-state index contributed by atoms with van der Waals surface area (Å²) in [5, 5.41) is 0. The van der Waals surface area contributed by atoms with Crippen molar-refractivity contribution in [1.29, 1.82) is 0 Å². The molecule has 1 aromatic carbocycles. The van der Waals surface area contributed by atoms with Gasteiger partial charge in [-0.1, -0.05) is 36.7 Å². The lowest BCUT2D eigenvalue weighted by Gasteiger charge is -2.39. The first-order valence-electron chi connectivity index (χ1n) is 6.57. The summed E-state index contributed by atoms with van der Waals surface area (Å²) in [6, 6.07) is 5.79. The fraction of sp³-hybridized carbons (Fsp3) is 0.600. The van der Waals surface area contributed by atoms with Crippen LogP contribution in [0.5, 0.6) is 5.75 Å². The van der Waals surface area contributed by atoms with E-state index in [2.05, 4.69) is 36.7 Å². The smallest absolute Gasteiger partial charge is 0.143 e. The molecule has 1 aliphatic carbocycles. The number of halogens is 1. The van der Waals surface area contributed by atoms with E-state index in [1.165, 1.54) is 6.42 Å². The topological polar surface area (TPSA) is 35.2 Å². The number of nitrogens with two attached hydrogens (primary N) is 1. The Labute approximate surface area is 118 Å². The largest absolute Gasteiger partial charge is 0.488 e. The van der Waals surface area contributed by atoms with E-state index in [-0.39, 0.29) is 6.10 Å². The van der Waals surface area contributed by atoms with Gasteiger partial charge in [0.1, 0.15) is 5.75 Å². The van der Waals surface area contributed by atoms with Crippen LogP contribution >= 0.6 is 15.9 Å². The molecule has 18 heavy (non-hydrogen) atoms. The molecule has 0 bridgehead atoms. The summed E-state index contributed by atoms with van der Waals surface area (Å²) in [5.74, 6) is 1.52. The van der Waals surface area contributed by atoms with E-state index in [9.17, 15) is 0 Å². The maximum absolute atomic E-state index is 6.12. The van der Waals surface area contributed by atoms with Crippen LogP contribution in [0.15, 0.2) is 22.7 Å². The highest BCUT2D eigenvalue weighted by Gasteiger charge is 2.33. The molecule has 0 heterocycles. The maximum atomic E-state index is 6.12. The fourth-order valence-corrected chi connectivity index (χ4v) is 3.48. The van der Waals surface area contributed by atoms with Crippen LogP contribution in [0, 0.1) is 11.3 Å². The summed E-state index contributed by atoms with van der Waals surface area (Å²) < 4.78 is 7.13. The van der Waals surface area contributed by atoms with Crippen molar-refractivity contribution < 1.29 is 4.74 Å². The highest BCUT2D eigenvalue weighted by molar-refractivity contribution is 9.10. The molecular formula is C15H22BrNO. The van der Waals surface area contributed by atoms with Crippen molar-refractivity contribution in [3.8, 4) is 5.75 Å². The molecule has 2 atom stereocenters. The van der Waals surface area contributed by atoms with Crippen molar-refractivity contribution in [1.82, 2.24) is 0 Å². The summed E-state index contributed by atoms with van der Waals surface area (Å²) in [7, 11) is 0. The van der Waals surface area contributed by atoms with Gasteiger partial charge >= 0.3 is 0 Å². The second-order valence-corrected chi connectivity index (χ2v) is 7.25. The number of hydrogen-bond acceptors (Lipinski definition) is 2. The van der Waals surface area contributed by atoms with Gasteiger partial charge in [0.2, 0.25) is 0 Å². The van der Waals surface area contributed by atoms with Gasteiger partial charge in [-0.3, -0.25) is 0 Å². The molecule has 0 aliphatic heterocycles. The normalized spacial score (nSPS) is 26.9. The monoisotopic (exact) mass is 311 g/mol. The van der Waals surface area contributed by atoms with Crippen molar-refractivity contribution in [2.75, 3.05) is 5.73 Å². The molecule has 0 radical (unpaired) electrons. The summed E-state index contributed by atoms with van der Waals surface area (Å²) in [4.78, 5) is 0. The lowest BCUT2D eigenvalue weighted by Crippen LogP contribution is -2.34. The summed E-state index contributed by atoms with van der Waals surface area (Å²) >= 11 is 3.46. The molecule has 0 amide bonds. The van der Waals surface area contributed by atoms with Crippen molar-refractivity contribution in [3.63, 3.8) is 0 Å². The van der Waals surface area contributed by atoms with Crippen LogP contribution < -0.4 is 10.5 Å². The van der Waals surface area contributed by atoms with Gasteiger partial charge in [0.05, 0.1) is 11.8 Å². The highest BCUT2D eigenvalue weighted by Crippen LogP contribution is 2.40. The van der Waals surface area contributed by atoms with Gasteiger partial charge in [0, 0.05) is 4.47 Å². The minimum Gasteiger partial charge on any atom is -0.488 e. The van der Waals surface area contributed by atoms with Gasteiger partial charge in [0.15, 0.2) is 0 Å². The lowest BCUT2D eigenvalue weighted by molar-refractivity contribution is 0.0567. The second kappa shape index (κ2) is 5.12. The number of anilines is 1.